The van der Waals surface area contributed by atoms with Crippen LogP contribution in [0, 0.1) is 11.8 Å². The molecule has 0 aromatic heterocycles. The number of carbonyl (C=O) groups is 1. The molecule has 2 aliphatic rings. The molecule has 2 saturated heterocycles. The number of methoxy groups -OCH3 is 1. The van der Waals surface area contributed by atoms with Crippen LogP contribution in [0.4, 0.5) is 0 Å². The van der Waals surface area contributed by atoms with E-state index in [1.807, 2.05) is 6.92 Å². The van der Waals surface area contributed by atoms with Gasteiger partial charge in [0.2, 0.25) is 5.91 Å². The highest BCUT2D eigenvalue weighted by Crippen LogP contribution is 2.22. The Kier molecular flexibility index (Phi) is 10.0. The van der Waals surface area contributed by atoms with Gasteiger partial charge in [-0.3, -0.25) is 9.69 Å². The maximum Gasteiger partial charge on any atom is 0.223 e. The SMILES string of the molecule is COC1CCN(C(C)(C)CNC(=O)C(C)C2CNC2)CC1.Cl.Cl. The Morgan fingerprint density at radius 1 is 1.30 bits per heavy atom. The summed E-state index contributed by atoms with van der Waals surface area (Å²) in [5, 5.41) is 6.39. The number of likely N-dealkylation sites (tertiary alicyclic amines) is 1. The van der Waals surface area contributed by atoms with Crippen molar-refractivity contribution in [2.45, 2.75) is 45.3 Å². The molecule has 7 heteroatoms. The molecule has 2 heterocycles. The van der Waals surface area contributed by atoms with Gasteiger partial charge in [0.15, 0.2) is 0 Å². The van der Waals surface area contributed by atoms with Crippen molar-refractivity contribution >= 4 is 30.7 Å². The van der Waals surface area contributed by atoms with Gasteiger partial charge in [0, 0.05) is 38.2 Å². The summed E-state index contributed by atoms with van der Waals surface area (Å²) < 4.78 is 5.42. The molecule has 2 aliphatic heterocycles. The molecular formula is C16H33Cl2N3O2. The average molecular weight is 370 g/mol. The Labute approximate surface area is 153 Å². The van der Waals surface area contributed by atoms with Gasteiger partial charge in [0.05, 0.1) is 6.10 Å². The summed E-state index contributed by atoms with van der Waals surface area (Å²) in [6.07, 6.45) is 2.56. The van der Waals surface area contributed by atoms with Crippen molar-refractivity contribution in [2.24, 2.45) is 11.8 Å². The molecule has 138 valence electrons. The summed E-state index contributed by atoms with van der Waals surface area (Å²) in [4.78, 5) is 14.7. The van der Waals surface area contributed by atoms with Gasteiger partial charge >= 0.3 is 0 Å². The van der Waals surface area contributed by atoms with E-state index in [1.54, 1.807) is 7.11 Å². The molecular weight excluding hydrogens is 337 g/mol. The summed E-state index contributed by atoms with van der Waals surface area (Å²) >= 11 is 0. The number of ether oxygens (including phenoxy) is 1. The number of amides is 1. The van der Waals surface area contributed by atoms with E-state index in [4.69, 9.17) is 4.74 Å². The zero-order chi connectivity index (χ0) is 15.5. The number of piperidine rings is 1. The van der Waals surface area contributed by atoms with Gasteiger partial charge in [-0.1, -0.05) is 6.92 Å². The molecule has 0 aromatic carbocycles. The third-order valence-corrected chi connectivity index (χ3v) is 5.26. The highest BCUT2D eigenvalue weighted by Gasteiger charge is 2.33. The molecule has 2 N–H and O–H groups in total. The number of hydrogen-bond donors (Lipinski definition) is 2. The summed E-state index contributed by atoms with van der Waals surface area (Å²) in [5.41, 5.74) is 0.00591. The van der Waals surface area contributed by atoms with Gasteiger partial charge in [-0.2, -0.15) is 0 Å². The Balaban J connectivity index is 0.00000242. The first-order valence-corrected chi connectivity index (χ1v) is 8.20. The Bertz CT molecular complexity index is 357. The van der Waals surface area contributed by atoms with Gasteiger partial charge in [-0.05, 0) is 45.7 Å². The first kappa shape index (κ1) is 22.9. The lowest BCUT2D eigenvalue weighted by atomic mass is 9.88. The number of carbonyl (C=O) groups excluding carboxylic acids is 1. The van der Waals surface area contributed by atoms with Crippen molar-refractivity contribution < 1.29 is 9.53 Å². The molecule has 0 radical (unpaired) electrons. The highest BCUT2D eigenvalue weighted by atomic mass is 35.5. The number of hydrogen-bond acceptors (Lipinski definition) is 4. The second-order valence-corrected chi connectivity index (χ2v) is 7.16. The van der Waals surface area contributed by atoms with Gasteiger partial charge < -0.3 is 15.4 Å². The van der Waals surface area contributed by atoms with Crippen molar-refractivity contribution in [1.29, 1.82) is 0 Å². The lowest BCUT2D eigenvalue weighted by molar-refractivity contribution is -0.127. The van der Waals surface area contributed by atoms with Crippen LogP contribution in [0.3, 0.4) is 0 Å². The topological polar surface area (TPSA) is 53.6 Å². The van der Waals surface area contributed by atoms with Crippen LogP contribution >= 0.6 is 24.8 Å². The standard InChI is InChI=1S/C16H31N3O2.2ClH/c1-12(13-9-17-10-13)15(20)18-11-16(2,3)19-7-5-14(21-4)6-8-19;;/h12-14,17H,5-11H2,1-4H3,(H,18,20);2*1H. The number of nitrogens with zero attached hydrogens (tertiary/aromatic N) is 1. The number of halogens is 2. The predicted octanol–water partition coefficient (Wildman–Crippen LogP) is 1.69. The van der Waals surface area contributed by atoms with Crippen molar-refractivity contribution in [2.75, 3.05) is 39.8 Å². The van der Waals surface area contributed by atoms with Crippen LogP contribution in [0.5, 0.6) is 0 Å². The molecule has 0 saturated carbocycles. The van der Waals surface area contributed by atoms with E-state index < -0.39 is 0 Å². The molecule has 1 atom stereocenters. The minimum Gasteiger partial charge on any atom is -0.381 e. The maximum absolute atomic E-state index is 12.2. The highest BCUT2D eigenvalue weighted by molar-refractivity contribution is 5.85. The summed E-state index contributed by atoms with van der Waals surface area (Å²) in [6, 6.07) is 0. The first-order valence-electron chi connectivity index (χ1n) is 8.20. The normalized spacial score (nSPS) is 21.6. The van der Waals surface area contributed by atoms with Crippen LogP contribution in [0.25, 0.3) is 0 Å². The fraction of sp³-hybridized carbons (Fsp3) is 0.938. The average Bonchev–Trinajstić information content (AvgIpc) is 2.43. The Hall–Kier alpha value is -0.0700. The summed E-state index contributed by atoms with van der Waals surface area (Å²) in [5.74, 6) is 0.813. The van der Waals surface area contributed by atoms with Crippen LogP contribution < -0.4 is 10.6 Å². The largest absolute Gasteiger partial charge is 0.381 e. The lowest BCUT2D eigenvalue weighted by Crippen LogP contribution is -2.56. The van der Waals surface area contributed by atoms with E-state index in [0.717, 1.165) is 39.0 Å². The quantitative estimate of drug-likeness (QED) is 0.747. The Morgan fingerprint density at radius 2 is 1.87 bits per heavy atom. The molecule has 1 amide bonds. The number of nitrogens with one attached hydrogen (secondary N) is 2. The smallest absolute Gasteiger partial charge is 0.223 e. The molecule has 5 nitrogen and oxygen atoms in total. The van der Waals surface area contributed by atoms with Crippen molar-refractivity contribution in [1.82, 2.24) is 15.5 Å². The van der Waals surface area contributed by atoms with Crippen LogP contribution in [0.1, 0.15) is 33.6 Å². The predicted molar refractivity (Wildman–Crippen MR) is 98.7 cm³/mol. The van der Waals surface area contributed by atoms with E-state index in [2.05, 4.69) is 29.4 Å². The molecule has 0 aliphatic carbocycles. The molecule has 0 bridgehead atoms. The van der Waals surface area contributed by atoms with E-state index >= 15 is 0 Å². The van der Waals surface area contributed by atoms with Crippen molar-refractivity contribution in [3.8, 4) is 0 Å². The third kappa shape index (κ3) is 6.05. The Morgan fingerprint density at radius 3 is 2.30 bits per heavy atom. The van der Waals surface area contributed by atoms with E-state index in [1.165, 1.54) is 0 Å². The maximum atomic E-state index is 12.2. The molecule has 1 unspecified atom stereocenters. The van der Waals surface area contributed by atoms with E-state index in [9.17, 15) is 4.79 Å². The van der Waals surface area contributed by atoms with E-state index in [-0.39, 0.29) is 42.2 Å². The molecule has 23 heavy (non-hydrogen) atoms. The minimum absolute atomic E-state index is 0. The second kappa shape index (κ2) is 10.0. The second-order valence-electron chi connectivity index (χ2n) is 7.16. The third-order valence-electron chi connectivity index (χ3n) is 5.26. The van der Waals surface area contributed by atoms with Gasteiger partial charge in [0.1, 0.15) is 0 Å². The summed E-state index contributed by atoms with van der Waals surface area (Å²) in [6.45, 7) is 11.2. The zero-order valence-corrected chi connectivity index (χ0v) is 16.4. The van der Waals surface area contributed by atoms with Crippen molar-refractivity contribution in [3.63, 3.8) is 0 Å². The van der Waals surface area contributed by atoms with Crippen LogP contribution in [-0.2, 0) is 9.53 Å². The van der Waals surface area contributed by atoms with Gasteiger partial charge in [0.25, 0.3) is 0 Å². The van der Waals surface area contributed by atoms with E-state index in [0.29, 0.717) is 18.6 Å². The van der Waals surface area contributed by atoms with Crippen LogP contribution in [0.2, 0.25) is 0 Å². The fourth-order valence-corrected chi connectivity index (χ4v) is 3.15. The zero-order valence-electron chi connectivity index (χ0n) is 14.8. The monoisotopic (exact) mass is 369 g/mol. The minimum atomic E-state index is 0. The lowest BCUT2D eigenvalue weighted by Gasteiger charge is -2.43. The molecule has 0 spiro atoms. The molecule has 2 fully saturated rings. The van der Waals surface area contributed by atoms with Gasteiger partial charge in [-0.15, -0.1) is 24.8 Å². The number of rotatable bonds is 6. The van der Waals surface area contributed by atoms with Crippen molar-refractivity contribution in [3.05, 3.63) is 0 Å². The first-order chi connectivity index (χ1) is 9.94. The van der Waals surface area contributed by atoms with Crippen LogP contribution in [0.15, 0.2) is 0 Å². The molecule has 2 rings (SSSR count). The molecule has 0 aromatic rings. The fourth-order valence-electron chi connectivity index (χ4n) is 3.15. The van der Waals surface area contributed by atoms with Gasteiger partial charge in [-0.25, -0.2) is 0 Å². The summed E-state index contributed by atoms with van der Waals surface area (Å²) in [7, 11) is 1.79. The van der Waals surface area contributed by atoms with Crippen LogP contribution in [-0.4, -0.2) is 62.3 Å².